The predicted molar refractivity (Wildman–Crippen MR) is 78.3 cm³/mol. The predicted octanol–water partition coefficient (Wildman–Crippen LogP) is 1.82. The average molecular weight is 318 g/mol. The molecule has 0 saturated heterocycles. The Morgan fingerprint density at radius 2 is 1.59 bits per heavy atom. The Morgan fingerprint density at radius 3 is 2.09 bits per heavy atom. The molecule has 0 aliphatic rings. The van der Waals surface area contributed by atoms with Gasteiger partial charge < -0.3 is 20.1 Å². The maximum absolute atomic E-state index is 11.5. The van der Waals surface area contributed by atoms with Crippen molar-refractivity contribution in [2.45, 2.75) is 64.4 Å². The van der Waals surface area contributed by atoms with Gasteiger partial charge in [-0.25, -0.2) is 4.79 Å². The number of hydrogen-bond donors (Lipinski definition) is 3. The largest absolute Gasteiger partial charge is 0.481 e. The first kappa shape index (κ1) is 20.4. The molecule has 0 aliphatic carbocycles. The third-order valence-corrected chi connectivity index (χ3v) is 3.22. The van der Waals surface area contributed by atoms with E-state index in [2.05, 4.69) is 13.8 Å². The number of aliphatic hydroxyl groups is 1. The zero-order chi connectivity index (χ0) is 17.2. The highest BCUT2D eigenvalue weighted by molar-refractivity contribution is 5.88. The van der Waals surface area contributed by atoms with Gasteiger partial charge in [-0.05, 0) is 12.3 Å². The third kappa shape index (κ3) is 9.33. The number of rotatable bonds is 12. The molecular formula is C15H26O7. The first-order valence-corrected chi connectivity index (χ1v) is 7.50. The van der Waals surface area contributed by atoms with Crippen molar-refractivity contribution < 1.29 is 34.4 Å². The van der Waals surface area contributed by atoms with Gasteiger partial charge in [-0.3, -0.25) is 9.59 Å². The van der Waals surface area contributed by atoms with Gasteiger partial charge in [0.2, 0.25) is 0 Å². The number of carboxylic acid groups (broad SMARTS) is 2. The van der Waals surface area contributed by atoms with E-state index < -0.39 is 36.4 Å². The number of carbonyl (C=O) groups excluding carboxylic acids is 1. The summed E-state index contributed by atoms with van der Waals surface area (Å²) in [5.41, 5.74) is -2.62. The minimum Gasteiger partial charge on any atom is -0.481 e. The van der Waals surface area contributed by atoms with E-state index in [0.717, 1.165) is 25.7 Å². The normalized spacial score (nSPS) is 13.6. The lowest BCUT2D eigenvalue weighted by molar-refractivity contribution is -0.172. The fourth-order valence-corrected chi connectivity index (χ4v) is 1.95. The highest BCUT2D eigenvalue weighted by Crippen LogP contribution is 2.17. The van der Waals surface area contributed by atoms with Crippen LogP contribution in [0.2, 0.25) is 0 Å². The number of ether oxygens (including phenoxy) is 1. The molecule has 0 aromatic heterocycles. The molecule has 0 amide bonds. The molecule has 0 heterocycles. The SMILES string of the molecule is CC(C)CCCCCCOC(=O)CC(O)(CC(=O)O)C(=O)O. The summed E-state index contributed by atoms with van der Waals surface area (Å²) >= 11 is 0. The minimum atomic E-state index is -2.62. The number of hydrogen-bond acceptors (Lipinski definition) is 5. The van der Waals surface area contributed by atoms with Crippen LogP contribution in [0, 0.1) is 5.92 Å². The second kappa shape index (κ2) is 10.2. The maximum atomic E-state index is 11.5. The molecule has 0 aromatic rings. The van der Waals surface area contributed by atoms with Crippen molar-refractivity contribution in [2.24, 2.45) is 5.92 Å². The van der Waals surface area contributed by atoms with Gasteiger partial charge in [0.25, 0.3) is 0 Å². The van der Waals surface area contributed by atoms with Crippen LogP contribution in [-0.4, -0.2) is 45.4 Å². The molecule has 22 heavy (non-hydrogen) atoms. The third-order valence-electron chi connectivity index (χ3n) is 3.22. The quantitative estimate of drug-likeness (QED) is 0.370. The Labute approximate surface area is 130 Å². The molecule has 1 unspecified atom stereocenters. The monoisotopic (exact) mass is 318 g/mol. The lowest BCUT2D eigenvalue weighted by Gasteiger charge is -2.20. The number of aliphatic carboxylic acids is 2. The van der Waals surface area contributed by atoms with E-state index in [0.29, 0.717) is 12.3 Å². The average Bonchev–Trinajstić information content (AvgIpc) is 2.35. The molecule has 0 bridgehead atoms. The molecule has 0 saturated carbocycles. The van der Waals surface area contributed by atoms with Crippen molar-refractivity contribution >= 4 is 17.9 Å². The van der Waals surface area contributed by atoms with Gasteiger partial charge in [0.1, 0.15) is 0 Å². The van der Waals surface area contributed by atoms with E-state index in [9.17, 15) is 19.5 Å². The van der Waals surface area contributed by atoms with Crippen molar-refractivity contribution in [1.29, 1.82) is 0 Å². The number of unbranched alkanes of at least 4 members (excludes halogenated alkanes) is 3. The van der Waals surface area contributed by atoms with E-state index in [1.165, 1.54) is 0 Å². The molecule has 0 radical (unpaired) electrons. The second-order valence-corrected chi connectivity index (χ2v) is 5.90. The highest BCUT2D eigenvalue weighted by atomic mass is 16.5. The molecular weight excluding hydrogens is 292 g/mol. The molecule has 128 valence electrons. The van der Waals surface area contributed by atoms with Crippen molar-refractivity contribution in [2.75, 3.05) is 6.61 Å². The van der Waals surface area contributed by atoms with Crippen molar-refractivity contribution in [1.82, 2.24) is 0 Å². The molecule has 0 rings (SSSR count). The first-order valence-electron chi connectivity index (χ1n) is 7.50. The summed E-state index contributed by atoms with van der Waals surface area (Å²) in [5.74, 6) is -3.49. The number of esters is 1. The van der Waals surface area contributed by atoms with Crippen molar-refractivity contribution in [3.63, 3.8) is 0 Å². The molecule has 7 nitrogen and oxygen atoms in total. The molecule has 0 aliphatic heterocycles. The van der Waals surface area contributed by atoms with Crippen LogP contribution >= 0.6 is 0 Å². The topological polar surface area (TPSA) is 121 Å². The number of carbonyl (C=O) groups is 3. The Hall–Kier alpha value is -1.63. The van der Waals surface area contributed by atoms with Gasteiger partial charge >= 0.3 is 17.9 Å². The summed E-state index contributed by atoms with van der Waals surface area (Å²) in [4.78, 5) is 32.9. The first-order chi connectivity index (χ1) is 10.2. The van der Waals surface area contributed by atoms with Crippen LogP contribution in [0.3, 0.4) is 0 Å². The molecule has 0 aromatic carbocycles. The lowest BCUT2D eigenvalue weighted by atomic mass is 9.96. The van der Waals surface area contributed by atoms with Crippen LogP contribution in [0.4, 0.5) is 0 Å². The summed E-state index contributed by atoms with van der Waals surface area (Å²) in [5, 5.41) is 27.1. The highest BCUT2D eigenvalue weighted by Gasteiger charge is 2.41. The summed E-state index contributed by atoms with van der Waals surface area (Å²) in [6.07, 6.45) is 2.94. The van der Waals surface area contributed by atoms with Gasteiger partial charge in [-0.1, -0.05) is 39.5 Å². The summed E-state index contributed by atoms with van der Waals surface area (Å²) in [7, 11) is 0. The zero-order valence-electron chi connectivity index (χ0n) is 13.2. The van der Waals surface area contributed by atoms with Gasteiger partial charge in [-0.2, -0.15) is 0 Å². The van der Waals surface area contributed by atoms with Crippen LogP contribution in [0.5, 0.6) is 0 Å². The molecule has 1 atom stereocenters. The molecule has 7 heteroatoms. The van der Waals surface area contributed by atoms with Gasteiger partial charge in [0.05, 0.1) is 19.4 Å². The fourth-order valence-electron chi connectivity index (χ4n) is 1.95. The Bertz CT molecular complexity index is 378. The van der Waals surface area contributed by atoms with Gasteiger partial charge in [0, 0.05) is 0 Å². The van der Waals surface area contributed by atoms with Crippen LogP contribution in [0.1, 0.15) is 58.8 Å². The molecule has 0 fully saturated rings. The number of carboxylic acids is 2. The van der Waals surface area contributed by atoms with Gasteiger partial charge in [0.15, 0.2) is 5.60 Å². The van der Waals surface area contributed by atoms with Crippen LogP contribution in [-0.2, 0) is 19.1 Å². The zero-order valence-corrected chi connectivity index (χ0v) is 13.2. The van der Waals surface area contributed by atoms with Gasteiger partial charge in [-0.15, -0.1) is 0 Å². The van der Waals surface area contributed by atoms with Crippen molar-refractivity contribution in [3.8, 4) is 0 Å². The van der Waals surface area contributed by atoms with E-state index in [4.69, 9.17) is 14.9 Å². The summed E-state index contributed by atoms with van der Waals surface area (Å²) in [6.45, 7) is 4.45. The van der Waals surface area contributed by atoms with E-state index in [1.807, 2.05) is 0 Å². The van der Waals surface area contributed by atoms with E-state index in [1.54, 1.807) is 0 Å². The van der Waals surface area contributed by atoms with E-state index in [-0.39, 0.29) is 6.61 Å². The fraction of sp³-hybridized carbons (Fsp3) is 0.800. The minimum absolute atomic E-state index is 0.142. The second-order valence-electron chi connectivity index (χ2n) is 5.90. The Morgan fingerprint density at radius 1 is 1.00 bits per heavy atom. The Balaban J connectivity index is 3.96. The lowest BCUT2D eigenvalue weighted by Crippen LogP contribution is -2.43. The molecule has 3 N–H and O–H groups in total. The van der Waals surface area contributed by atoms with E-state index >= 15 is 0 Å². The Kier molecular flexibility index (Phi) is 9.40. The van der Waals surface area contributed by atoms with Crippen LogP contribution < -0.4 is 0 Å². The molecule has 0 spiro atoms. The van der Waals surface area contributed by atoms with Crippen LogP contribution in [0.15, 0.2) is 0 Å². The van der Waals surface area contributed by atoms with Crippen molar-refractivity contribution in [3.05, 3.63) is 0 Å². The van der Waals surface area contributed by atoms with Crippen LogP contribution in [0.25, 0.3) is 0 Å². The maximum Gasteiger partial charge on any atom is 0.336 e. The summed E-state index contributed by atoms with van der Waals surface area (Å²) < 4.78 is 4.84. The smallest absolute Gasteiger partial charge is 0.336 e. The summed E-state index contributed by atoms with van der Waals surface area (Å²) in [6, 6.07) is 0. The standard InChI is InChI=1S/C15H26O7/c1-11(2)7-5-3-4-6-8-22-13(18)10-15(21,14(19)20)9-12(16)17/h11,21H,3-10H2,1-2H3,(H,16,17)(H,19,20).